The summed E-state index contributed by atoms with van der Waals surface area (Å²) < 4.78 is 2.18. The number of hydrogen-bond acceptors (Lipinski definition) is 0. The lowest BCUT2D eigenvalue weighted by Gasteiger charge is -1.98. The van der Waals surface area contributed by atoms with Gasteiger partial charge in [0.1, 0.15) is 0 Å². The Morgan fingerprint density at radius 3 is 2.33 bits per heavy atom. The van der Waals surface area contributed by atoms with E-state index in [9.17, 15) is 0 Å². The molecule has 0 atom stereocenters. The maximum Gasteiger partial charge on any atom is 0.0219 e. The Morgan fingerprint density at radius 2 is 1.60 bits per heavy atom. The number of rotatable bonds is 0. The minimum absolute atomic E-state index is 1.32. The Morgan fingerprint density at radius 1 is 0.933 bits per heavy atom. The van der Waals surface area contributed by atoms with Gasteiger partial charge in [-0.1, -0.05) is 24.3 Å². The van der Waals surface area contributed by atoms with Gasteiger partial charge in [0, 0.05) is 29.7 Å². The van der Waals surface area contributed by atoms with E-state index in [-0.39, 0.29) is 0 Å². The molecule has 1 heterocycles. The van der Waals surface area contributed by atoms with E-state index in [1.165, 1.54) is 27.2 Å². The van der Waals surface area contributed by atoms with Gasteiger partial charge in [-0.05, 0) is 29.8 Å². The van der Waals surface area contributed by atoms with Crippen LogP contribution < -0.4 is 0 Å². The van der Waals surface area contributed by atoms with E-state index in [1.807, 2.05) is 0 Å². The fourth-order valence-corrected chi connectivity index (χ4v) is 2.17. The number of aromatic nitrogens is 1. The molecule has 0 N–H and O–H groups in total. The molecule has 0 saturated carbocycles. The summed E-state index contributed by atoms with van der Waals surface area (Å²) in [7, 11) is 2.10. The van der Waals surface area contributed by atoms with Crippen LogP contribution in [-0.4, -0.2) is 4.57 Å². The lowest BCUT2D eigenvalue weighted by Crippen LogP contribution is -1.85. The Balaban J connectivity index is 2.53. The van der Waals surface area contributed by atoms with Gasteiger partial charge in [0.25, 0.3) is 0 Å². The lowest BCUT2D eigenvalue weighted by molar-refractivity contribution is 0.889. The smallest absolute Gasteiger partial charge is 0.0219 e. The molecule has 0 radical (unpaired) electrons. The fraction of sp³-hybridized carbons (Fsp3) is 0.143. The predicted molar refractivity (Wildman–Crippen MR) is 65.2 cm³/mol. The molecule has 3 rings (SSSR count). The van der Waals surface area contributed by atoms with Crippen molar-refractivity contribution in [2.75, 3.05) is 0 Å². The van der Waals surface area contributed by atoms with E-state index >= 15 is 0 Å². The zero-order valence-electron chi connectivity index (χ0n) is 8.99. The molecule has 1 nitrogen and oxygen atoms in total. The monoisotopic (exact) mass is 195 g/mol. The van der Waals surface area contributed by atoms with E-state index in [1.54, 1.807) is 0 Å². The molecule has 0 aliphatic rings. The highest BCUT2D eigenvalue weighted by molar-refractivity contribution is 5.99. The Hall–Kier alpha value is -1.76. The molecule has 0 aliphatic carbocycles. The van der Waals surface area contributed by atoms with Gasteiger partial charge in [0.05, 0.1) is 0 Å². The van der Waals surface area contributed by atoms with Gasteiger partial charge in [-0.15, -0.1) is 0 Å². The molecule has 0 spiro atoms. The molecule has 0 amide bonds. The fourth-order valence-electron chi connectivity index (χ4n) is 2.17. The molecule has 0 fully saturated rings. The van der Waals surface area contributed by atoms with E-state index in [2.05, 4.69) is 61.1 Å². The van der Waals surface area contributed by atoms with Crippen molar-refractivity contribution >= 4 is 21.5 Å². The van der Waals surface area contributed by atoms with Crippen molar-refractivity contribution in [2.45, 2.75) is 6.92 Å². The summed E-state index contributed by atoms with van der Waals surface area (Å²) in [6.45, 7) is 2.16. The molecule has 74 valence electrons. The van der Waals surface area contributed by atoms with Crippen molar-refractivity contribution in [3.8, 4) is 0 Å². The second kappa shape index (κ2) is 2.86. The highest BCUT2D eigenvalue weighted by atomic mass is 14.9. The zero-order valence-corrected chi connectivity index (χ0v) is 8.99. The molecule has 2 aromatic carbocycles. The summed E-state index contributed by atoms with van der Waals surface area (Å²) in [6, 6.07) is 13.0. The van der Waals surface area contributed by atoms with Crippen LogP contribution in [0.4, 0.5) is 0 Å². The maximum absolute atomic E-state index is 2.28. The van der Waals surface area contributed by atoms with Crippen LogP contribution >= 0.6 is 0 Å². The molecular formula is C14H13N. The van der Waals surface area contributed by atoms with Crippen LogP contribution in [0.5, 0.6) is 0 Å². The minimum Gasteiger partial charge on any atom is -0.353 e. The van der Waals surface area contributed by atoms with Gasteiger partial charge < -0.3 is 4.57 Å². The van der Waals surface area contributed by atoms with Crippen LogP contribution in [-0.2, 0) is 7.05 Å². The molecule has 15 heavy (non-hydrogen) atoms. The van der Waals surface area contributed by atoms with Crippen LogP contribution in [0, 0.1) is 6.92 Å². The highest BCUT2D eigenvalue weighted by Crippen LogP contribution is 2.25. The first-order valence-electron chi connectivity index (χ1n) is 5.20. The van der Waals surface area contributed by atoms with E-state index in [4.69, 9.17) is 0 Å². The quantitative estimate of drug-likeness (QED) is 0.516. The second-order valence-corrected chi connectivity index (χ2v) is 4.11. The van der Waals surface area contributed by atoms with Crippen LogP contribution in [0.3, 0.4) is 0 Å². The topological polar surface area (TPSA) is 4.93 Å². The molecule has 3 aromatic rings. The molecule has 1 aromatic heterocycles. The summed E-state index contributed by atoms with van der Waals surface area (Å²) >= 11 is 0. The van der Waals surface area contributed by atoms with Gasteiger partial charge in [0.15, 0.2) is 0 Å². The SMILES string of the molecule is Cc1c2cc3ccccc3cc2cn1C. The molecule has 1 heteroatoms. The number of fused-ring (bicyclic) bond motifs is 2. The normalized spacial score (nSPS) is 11.3. The molecular weight excluding hydrogens is 182 g/mol. The summed E-state index contributed by atoms with van der Waals surface area (Å²) in [4.78, 5) is 0. The van der Waals surface area contributed by atoms with Crippen LogP contribution in [0.1, 0.15) is 5.69 Å². The predicted octanol–water partition coefficient (Wildman–Crippen LogP) is 3.64. The largest absolute Gasteiger partial charge is 0.353 e. The third-order valence-electron chi connectivity index (χ3n) is 3.17. The summed E-state index contributed by atoms with van der Waals surface area (Å²) in [5.74, 6) is 0. The average molecular weight is 195 g/mol. The van der Waals surface area contributed by atoms with Crippen molar-refractivity contribution < 1.29 is 0 Å². The minimum atomic E-state index is 1.32. The average Bonchev–Trinajstić information content (AvgIpc) is 2.52. The first-order chi connectivity index (χ1) is 7.25. The van der Waals surface area contributed by atoms with Gasteiger partial charge >= 0.3 is 0 Å². The first kappa shape index (κ1) is 8.54. The number of hydrogen-bond donors (Lipinski definition) is 0. The van der Waals surface area contributed by atoms with Gasteiger partial charge in [-0.3, -0.25) is 0 Å². The number of benzene rings is 2. The first-order valence-corrected chi connectivity index (χ1v) is 5.20. The highest BCUT2D eigenvalue weighted by Gasteiger charge is 2.03. The standard InChI is InChI=1S/C14H13N/c1-10-14-8-12-6-4-3-5-11(12)7-13(14)9-15(10)2/h3-9H,1-2H3. The zero-order chi connectivity index (χ0) is 10.4. The number of aryl methyl sites for hydroxylation is 2. The van der Waals surface area contributed by atoms with Crippen LogP contribution in [0.25, 0.3) is 21.5 Å². The maximum atomic E-state index is 2.28. The van der Waals surface area contributed by atoms with Gasteiger partial charge in [0.2, 0.25) is 0 Å². The molecule has 0 saturated heterocycles. The van der Waals surface area contributed by atoms with Crippen LogP contribution in [0.2, 0.25) is 0 Å². The van der Waals surface area contributed by atoms with Crippen LogP contribution in [0.15, 0.2) is 42.6 Å². The summed E-state index contributed by atoms with van der Waals surface area (Å²) in [6.07, 6.45) is 2.19. The Labute approximate surface area is 88.9 Å². The lowest BCUT2D eigenvalue weighted by atomic mass is 10.1. The molecule has 0 aliphatic heterocycles. The third-order valence-corrected chi connectivity index (χ3v) is 3.17. The summed E-state index contributed by atoms with van der Waals surface area (Å²) in [5.41, 5.74) is 1.33. The second-order valence-electron chi connectivity index (χ2n) is 4.11. The van der Waals surface area contributed by atoms with E-state index < -0.39 is 0 Å². The van der Waals surface area contributed by atoms with Crippen molar-refractivity contribution in [2.24, 2.45) is 7.05 Å². The Bertz CT molecular complexity index is 647. The van der Waals surface area contributed by atoms with Crippen molar-refractivity contribution in [3.63, 3.8) is 0 Å². The molecule has 0 bridgehead atoms. The van der Waals surface area contributed by atoms with Crippen molar-refractivity contribution in [1.29, 1.82) is 0 Å². The van der Waals surface area contributed by atoms with Crippen molar-refractivity contribution in [1.82, 2.24) is 4.57 Å². The van der Waals surface area contributed by atoms with Gasteiger partial charge in [-0.2, -0.15) is 0 Å². The summed E-state index contributed by atoms with van der Waals surface area (Å²) in [5, 5.41) is 5.32. The van der Waals surface area contributed by atoms with E-state index in [0.29, 0.717) is 0 Å². The van der Waals surface area contributed by atoms with E-state index in [0.717, 1.165) is 0 Å². The molecule has 0 unspecified atom stereocenters. The Kier molecular flexibility index (Phi) is 1.63. The third kappa shape index (κ3) is 1.16. The number of nitrogens with zero attached hydrogens (tertiary/aromatic N) is 1. The van der Waals surface area contributed by atoms with Gasteiger partial charge in [-0.25, -0.2) is 0 Å². The van der Waals surface area contributed by atoms with Crippen molar-refractivity contribution in [3.05, 3.63) is 48.3 Å².